The van der Waals surface area contributed by atoms with Gasteiger partial charge >= 0.3 is 0 Å². The van der Waals surface area contributed by atoms with E-state index in [2.05, 4.69) is 70.4 Å². The molecular formula is C12H19IN4. The van der Waals surface area contributed by atoms with Crippen molar-refractivity contribution in [2.75, 3.05) is 11.9 Å². The van der Waals surface area contributed by atoms with Gasteiger partial charge in [-0.2, -0.15) is 0 Å². The van der Waals surface area contributed by atoms with Crippen molar-refractivity contribution in [1.82, 2.24) is 5.43 Å². The number of guanidine groups is 1. The molecule has 4 nitrogen and oxygen atoms in total. The zero-order chi connectivity index (χ0) is 12.7. The second-order valence-corrected chi connectivity index (χ2v) is 5.06. The summed E-state index contributed by atoms with van der Waals surface area (Å²) in [6.07, 6.45) is 2.20. The number of hydrogen-bond acceptors (Lipinski definition) is 2. The normalized spacial score (nSPS) is 11.4. The summed E-state index contributed by atoms with van der Waals surface area (Å²) in [6.45, 7) is 4.98. The number of nitrogens with two attached hydrogens (primary N) is 1. The maximum Gasteiger partial charge on any atom is 0.210 e. The first-order valence-corrected chi connectivity index (χ1v) is 6.79. The minimum absolute atomic E-state index is 0.614. The first kappa shape index (κ1) is 14.2. The number of anilines is 1. The molecule has 0 fully saturated rings. The third kappa shape index (κ3) is 4.91. The Morgan fingerprint density at radius 2 is 2.24 bits per heavy atom. The minimum atomic E-state index is 0.614. The van der Waals surface area contributed by atoms with E-state index in [1.165, 1.54) is 9.13 Å². The summed E-state index contributed by atoms with van der Waals surface area (Å²) in [4.78, 5) is 4.36. The standard InChI is InChI=1S/C12H19IN4/c1-3-4-7-15-12(17-14)16-11-8-10(13)6-5-9(11)2/h5-6,8H,3-4,7,14H2,1-2H3,(H2,15,16,17). The van der Waals surface area contributed by atoms with Crippen LogP contribution in [-0.4, -0.2) is 12.5 Å². The number of rotatable bonds is 4. The van der Waals surface area contributed by atoms with Crippen LogP contribution >= 0.6 is 22.6 Å². The number of halogens is 1. The van der Waals surface area contributed by atoms with E-state index in [1.807, 2.05) is 0 Å². The zero-order valence-corrected chi connectivity index (χ0v) is 12.4. The van der Waals surface area contributed by atoms with Crippen molar-refractivity contribution in [3.05, 3.63) is 27.3 Å². The highest BCUT2D eigenvalue weighted by Gasteiger charge is 2.02. The third-order valence-corrected chi connectivity index (χ3v) is 3.04. The second-order valence-electron chi connectivity index (χ2n) is 3.81. The Morgan fingerprint density at radius 3 is 2.88 bits per heavy atom. The van der Waals surface area contributed by atoms with E-state index in [9.17, 15) is 0 Å². The average molecular weight is 346 g/mol. The van der Waals surface area contributed by atoms with Crippen molar-refractivity contribution in [1.29, 1.82) is 0 Å². The van der Waals surface area contributed by atoms with E-state index in [4.69, 9.17) is 5.84 Å². The van der Waals surface area contributed by atoms with Gasteiger partial charge in [0.15, 0.2) is 0 Å². The molecule has 0 saturated heterocycles. The van der Waals surface area contributed by atoms with Gasteiger partial charge in [-0.15, -0.1) is 0 Å². The van der Waals surface area contributed by atoms with Crippen LogP contribution in [0.2, 0.25) is 0 Å². The molecule has 0 spiro atoms. The van der Waals surface area contributed by atoms with Crippen molar-refractivity contribution in [2.45, 2.75) is 26.7 Å². The number of nitrogens with one attached hydrogen (secondary N) is 2. The van der Waals surface area contributed by atoms with Gasteiger partial charge < -0.3 is 5.32 Å². The van der Waals surface area contributed by atoms with Crippen LogP contribution in [0.3, 0.4) is 0 Å². The molecular weight excluding hydrogens is 327 g/mol. The molecule has 0 amide bonds. The lowest BCUT2D eigenvalue weighted by atomic mass is 10.2. The van der Waals surface area contributed by atoms with Crippen LogP contribution in [0.5, 0.6) is 0 Å². The molecule has 1 aromatic rings. The van der Waals surface area contributed by atoms with Gasteiger partial charge in [-0.25, -0.2) is 5.84 Å². The SMILES string of the molecule is CCCCN=C(NN)Nc1cc(I)ccc1C. The summed E-state index contributed by atoms with van der Waals surface area (Å²) in [5.41, 5.74) is 4.80. The summed E-state index contributed by atoms with van der Waals surface area (Å²) in [6, 6.07) is 6.22. The molecule has 1 aromatic carbocycles. The van der Waals surface area contributed by atoms with Crippen LogP contribution in [0.15, 0.2) is 23.2 Å². The molecule has 0 heterocycles. The average Bonchev–Trinajstić information content (AvgIpc) is 2.32. The number of hydrazine groups is 1. The van der Waals surface area contributed by atoms with Gasteiger partial charge in [0.2, 0.25) is 5.96 Å². The lowest BCUT2D eigenvalue weighted by Gasteiger charge is -2.11. The smallest absolute Gasteiger partial charge is 0.210 e. The van der Waals surface area contributed by atoms with Crippen LogP contribution in [0.4, 0.5) is 5.69 Å². The van der Waals surface area contributed by atoms with Crippen molar-refractivity contribution < 1.29 is 0 Å². The molecule has 0 aliphatic carbocycles. The fraction of sp³-hybridized carbons (Fsp3) is 0.417. The number of aryl methyl sites for hydroxylation is 1. The van der Waals surface area contributed by atoms with E-state index in [1.54, 1.807) is 0 Å². The maximum absolute atomic E-state index is 5.45. The first-order valence-electron chi connectivity index (χ1n) is 5.71. The van der Waals surface area contributed by atoms with Gasteiger partial charge in [0.25, 0.3) is 0 Å². The third-order valence-electron chi connectivity index (χ3n) is 2.37. The van der Waals surface area contributed by atoms with Gasteiger partial charge in [-0.3, -0.25) is 10.4 Å². The van der Waals surface area contributed by atoms with Crippen LogP contribution < -0.4 is 16.6 Å². The Hall–Kier alpha value is -0.820. The Morgan fingerprint density at radius 1 is 1.47 bits per heavy atom. The van der Waals surface area contributed by atoms with E-state index in [0.29, 0.717) is 5.96 Å². The fourth-order valence-corrected chi connectivity index (χ4v) is 1.82. The highest BCUT2D eigenvalue weighted by Crippen LogP contribution is 2.17. The zero-order valence-electron chi connectivity index (χ0n) is 10.3. The van der Waals surface area contributed by atoms with Crippen LogP contribution in [0, 0.1) is 10.5 Å². The number of benzene rings is 1. The lowest BCUT2D eigenvalue weighted by Crippen LogP contribution is -2.36. The monoisotopic (exact) mass is 346 g/mol. The summed E-state index contributed by atoms with van der Waals surface area (Å²) in [5.74, 6) is 6.06. The van der Waals surface area contributed by atoms with Crippen molar-refractivity contribution in [3.8, 4) is 0 Å². The van der Waals surface area contributed by atoms with Gasteiger partial charge in [0.1, 0.15) is 0 Å². The Kier molecular flexibility index (Phi) is 6.28. The molecule has 0 atom stereocenters. The molecule has 94 valence electrons. The number of unbranched alkanes of at least 4 members (excludes halogenated alkanes) is 1. The molecule has 0 unspecified atom stereocenters. The highest BCUT2D eigenvalue weighted by atomic mass is 127. The van der Waals surface area contributed by atoms with E-state index >= 15 is 0 Å². The molecule has 0 aromatic heterocycles. The summed E-state index contributed by atoms with van der Waals surface area (Å²) in [5, 5.41) is 3.21. The van der Waals surface area contributed by atoms with Crippen LogP contribution in [-0.2, 0) is 0 Å². The first-order chi connectivity index (χ1) is 8.17. The predicted octanol–water partition coefficient (Wildman–Crippen LogP) is 2.63. The van der Waals surface area contributed by atoms with Gasteiger partial charge in [-0.1, -0.05) is 19.4 Å². The second kappa shape index (κ2) is 7.50. The van der Waals surface area contributed by atoms with E-state index in [-0.39, 0.29) is 0 Å². The minimum Gasteiger partial charge on any atom is -0.325 e. The van der Waals surface area contributed by atoms with Crippen LogP contribution in [0.1, 0.15) is 25.3 Å². The van der Waals surface area contributed by atoms with E-state index < -0.39 is 0 Å². The largest absolute Gasteiger partial charge is 0.325 e. The molecule has 0 bridgehead atoms. The van der Waals surface area contributed by atoms with Gasteiger partial charge in [-0.05, 0) is 53.6 Å². The fourth-order valence-electron chi connectivity index (χ4n) is 1.33. The maximum atomic E-state index is 5.45. The van der Waals surface area contributed by atoms with Crippen molar-refractivity contribution >= 4 is 34.2 Å². The van der Waals surface area contributed by atoms with Crippen LogP contribution in [0.25, 0.3) is 0 Å². The Balaban J connectivity index is 2.73. The predicted molar refractivity (Wildman–Crippen MR) is 82.1 cm³/mol. The molecule has 0 radical (unpaired) electrons. The molecule has 0 saturated carbocycles. The highest BCUT2D eigenvalue weighted by molar-refractivity contribution is 14.1. The molecule has 0 aliphatic heterocycles. The lowest BCUT2D eigenvalue weighted by molar-refractivity contribution is 0.801. The Labute approximate surface area is 116 Å². The van der Waals surface area contributed by atoms with Gasteiger partial charge in [0, 0.05) is 15.8 Å². The van der Waals surface area contributed by atoms with E-state index in [0.717, 1.165) is 25.1 Å². The summed E-state index contributed by atoms with van der Waals surface area (Å²) in [7, 11) is 0. The molecule has 17 heavy (non-hydrogen) atoms. The number of aliphatic imine (C=N–C) groups is 1. The summed E-state index contributed by atoms with van der Waals surface area (Å²) < 4.78 is 1.18. The molecule has 5 heteroatoms. The Bertz CT molecular complexity index is 390. The van der Waals surface area contributed by atoms with Crippen molar-refractivity contribution in [3.63, 3.8) is 0 Å². The van der Waals surface area contributed by atoms with Gasteiger partial charge in [0.05, 0.1) is 0 Å². The molecule has 0 aliphatic rings. The molecule has 4 N–H and O–H groups in total. The molecule has 1 rings (SSSR count). The quantitative estimate of drug-likeness (QED) is 0.196. The number of nitrogens with zero attached hydrogens (tertiary/aromatic N) is 1. The summed E-state index contributed by atoms with van der Waals surface area (Å²) >= 11 is 2.28. The number of hydrogen-bond donors (Lipinski definition) is 3. The topological polar surface area (TPSA) is 62.4 Å². The van der Waals surface area contributed by atoms with Crippen molar-refractivity contribution in [2.24, 2.45) is 10.8 Å².